The number of fused-ring (bicyclic) bond motifs is 30. The number of thiazole rings is 1. The molecular weight excluding hydrogens is 1790 g/mol. The second-order valence-corrected chi connectivity index (χ2v) is 53.1. The van der Waals surface area contributed by atoms with E-state index in [4.69, 9.17) is 17.8 Å². The van der Waals surface area contributed by atoms with Crippen LogP contribution in [0.5, 0.6) is 0 Å². The van der Waals surface area contributed by atoms with E-state index in [0.29, 0.717) is 50.7 Å². The molecule has 10 aromatic rings. The molecule has 0 bridgehead atoms. The van der Waals surface area contributed by atoms with Gasteiger partial charge in [0.15, 0.2) is 16.4 Å². The van der Waals surface area contributed by atoms with Crippen molar-refractivity contribution in [3.8, 4) is 0 Å². The molecule has 0 radical (unpaired) electrons. The first-order valence-corrected chi connectivity index (χ1v) is 57.5. The van der Waals surface area contributed by atoms with Gasteiger partial charge in [0.1, 0.15) is 23.7 Å². The summed E-state index contributed by atoms with van der Waals surface area (Å²) in [7, 11) is 0. The SMILES string of the molecule is C[C@]12CC[C@H](O)CC1=CCC1C2CC[C@]2(C)C(c3cnc4ccon34)=CCC12.C[C@]12CC[C@H](O)CC1=CCC1C2CC[C@]2(C)C(c3cnc4occn34)=CCC12.C[C@]12CC[C@H](O)CC1=CCC1C2CC[C@]2(C)C(c3cnc4sccn34)=CCC12.C[C@]12CC[C@H](O)CC1=CCC1C2CC[C@]2(C)C(c3onc4ccccc34)=CCC12.C[C@]12CC[C@H](O)CC1=CCC1C2CC[C@]2(C)C(c3snc4ccccc34)=CCC12. The van der Waals surface area contributed by atoms with Crippen LogP contribution in [0.15, 0.2) is 206 Å². The van der Waals surface area contributed by atoms with Gasteiger partial charge in [-0.1, -0.05) is 193 Å². The molecule has 748 valence electrons. The van der Waals surface area contributed by atoms with E-state index in [0.717, 1.165) is 199 Å². The fourth-order valence-electron chi connectivity index (χ4n) is 37.9. The molecule has 0 amide bonds. The minimum absolute atomic E-state index is 0.112. The van der Waals surface area contributed by atoms with Crippen LogP contribution in [0.1, 0.15) is 322 Å². The highest BCUT2D eigenvalue weighted by Gasteiger charge is 2.65. The third-order valence-electron chi connectivity index (χ3n) is 45.8. The second kappa shape index (κ2) is 34.4. The van der Waals surface area contributed by atoms with Crippen molar-refractivity contribution in [1.82, 2.24) is 37.9 Å². The topological polar surface area (TPSA) is 218 Å². The summed E-state index contributed by atoms with van der Waals surface area (Å²) in [5.41, 5.74) is 24.6. The van der Waals surface area contributed by atoms with Crippen LogP contribution in [-0.4, -0.2) is 93.9 Å². The van der Waals surface area contributed by atoms with E-state index < -0.39 is 0 Å². The molecule has 10 fully saturated rings. The fraction of sp³-hybridized carbons (Fsp3) is 0.605. The Bertz CT molecular complexity index is 6410. The summed E-state index contributed by atoms with van der Waals surface area (Å²) in [6.07, 6.45) is 78.2. The van der Waals surface area contributed by atoms with Crippen molar-refractivity contribution in [2.75, 3.05) is 0 Å². The highest BCUT2D eigenvalue weighted by molar-refractivity contribution is 7.15. The van der Waals surface area contributed by atoms with E-state index in [1.54, 1.807) is 74.4 Å². The van der Waals surface area contributed by atoms with Crippen LogP contribution in [0, 0.1) is 143 Å². The molecule has 16 nitrogen and oxygen atoms in total. The first kappa shape index (κ1) is 93.5. The maximum Gasteiger partial charge on any atom is 0.306 e. The Hall–Kier alpha value is -8.33. The van der Waals surface area contributed by atoms with Gasteiger partial charge in [-0.15, -0.1) is 11.3 Å². The molecule has 142 heavy (non-hydrogen) atoms. The number of aliphatic hydroxyl groups is 5. The number of allylic oxidation sites excluding steroid dienone is 15. The zero-order chi connectivity index (χ0) is 96.9. The van der Waals surface area contributed by atoms with E-state index in [2.05, 4.69) is 213 Å². The van der Waals surface area contributed by atoms with Gasteiger partial charge in [0.05, 0.1) is 70.9 Å². The molecule has 0 spiro atoms. The molecule has 8 heterocycles. The first-order chi connectivity index (χ1) is 68.5. The highest BCUT2D eigenvalue weighted by Crippen LogP contribution is 2.74. The van der Waals surface area contributed by atoms with E-state index >= 15 is 0 Å². The molecule has 30 atom stereocenters. The monoisotopic (exact) mass is 1950 g/mol. The molecule has 30 rings (SSSR count). The van der Waals surface area contributed by atoms with Gasteiger partial charge in [-0.3, -0.25) is 8.80 Å². The fourth-order valence-corrected chi connectivity index (χ4v) is 39.6. The lowest BCUT2D eigenvalue weighted by atomic mass is 9.47. The molecule has 8 aromatic heterocycles. The molecule has 20 aliphatic rings. The Kier molecular flexibility index (Phi) is 22.6. The number of aliphatic hydroxyl groups excluding tert-OH is 5. The van der Waals surface area contributed by atoms with Gasteiger partial charge >= 0.3 is 5.84 Å². The van der Waals surface area contributed by atoms with Crippen molar-refractivity contribution in [2.24, 2.45) is 143 Å². The Balaban J connectivity index is 0.0000000909. The Morgan fingerprint density at radius 2 is 0.704 bits per heavy atom. The average molecular weight is 1950 g/mol. The lowest BCUT2D eigenvalue weighted by molar-refractivity contribution is -0.0241. The molecule has 18 heteroatoms. The van der Waals surface area contributed by atoms with Gasteiger partial charge in [0.25, 0.3) is 0 Å². The molecule has 0 saturated heterocycles. The molecular formula is C124H152N8O8S2. The van der Waals surface area contributed by atoms with Crippen LogP contribution >= 0.6 is 22.9 Å². The normalized spacial score (nSPS) is 42.0. The first-order valence-electron chi connectivity index (χ1n) is 55.9. The van der Waals surface area contributed by atoms with E-state index in [-0.39, 0.29) is 57.6 Å². The Morgan fingerprint density at radius 3 is 1.15 bits per heavy atom. The Labute approximate surface area is 847 Å². The van der Waals surface area contributed by atoms with E-state index in [1.807, 2.05) is 41.4 Å². The van der Waals surface area contributed by atoms with Crippen LogP contribution < -0.4 is 0 Å². The Morgan fingerprint density at radius 1 is 0.338 bits per heavy atom. The van der Waals surface area contributed by atoms with Gasteiger partial charge in [-0.25, -0.2) is 15.0 Å². The zero-order valence-electron chi connectivity index (χ0n) is 85.7. The van der Waals surface area contributed by atoms with Gasteiger partial charge in [0, 0.05) is 40.2 Å². The second-order valence-electron chi connectivity index (χ2n) is 51.5. The van der Waals surface area contributed by atoms with Crippen molar-refractivity contribution >= 4 is 89.0 Å². The standard InChI is InChI=1S/C26H31NO2.C26H31NOS.2C24H30N2O2.C24H30N2OS/c2*1-25-13-11-17(28)15-16(25)7-8-18-20-9-10-22(26(20,2)14-12-21(18)25)24-19-5-3-4-6-23(19)27-29-24;1-23-10-7-16(27)13-15(23)3-4-17-18-5-6-20(24(18,2)11-8-19(17)23)21-14-25-22-9-12-28-26(21)22;2*1-23-9-7-16(27)13-15(23)3-4-17-18-5-6-20(24(18,2)10-8-19(17)23)21-14-25-22-26(21)11-12-28-22/h2*3-7,10,17-18,20-21,28H,8-9,11-15H2,1-2H3;3,6,9,12,14,16-19,27H,4-5,7-8,10-11,13H2,1-2H3;2*3,6,11-12,14,16-19,27H,4-5,7-10,13H2,1-2H3/t2*17-,18?,20?,21?,25-,26-;3*16-,17?,18?,19?,23-,24-/m00000/s1. The molecule has 5 N–H and O–H groups in total. The average Bonchev–Trinajstić information content (AvgIpc) is 0.890. The number of hydrogen-bond donors (Lipinski definition) is 5. The number of rotatable bonds is 5. The summed E-state index contributed by atoms with van der Waals surface area (Å²) in [6, 6.07) is 18.9. The summed E-state index contributed by atoms with van der Waals surface area (Å²) in [4.78, 5) is 16.2. The van der Waals surface area contributed by atoms with Gasteiger partial charge in [0.2, 0.25) is 0 Å². The minimum atomic E-state index is -0.126. The largest absolute Gasteiger partial charge is 0.432 e. The van der Waals surface area contributed by atoms with E-state index in [9.17, 15) is 25.5 Å². The molecule has 2 aromatic carbocycles. The predicted octanol–water partition coefficient (Wildman–Crippen LogP) is 29.0. The third-order valence-corrected chi connectivity index (χ3v) is 47.5. The van der Waals surface area contributed by atoms with Crippen molar-refractivity contribution in [1.29, 1.82) is 0 Å². The zero-order valence-corrected chi connectivity index (χ0v) is 87.4. The number of nitrogens with zero attached hydrogens (tertiary/aromatic N) is 8. The van der Waals surface area contributed by atoms with E-state index in [1.165, 1.54) is 173 Å². The predicted molar refractivity (Wildman–Crippen MR) is 567 cm³/mol. The third kappa shape index (κ3) is 14.1. The van der Waals surface area contributed by atoms with Crippen LogP contribution in [0.4, 0.5) is 0 Å². The lowest BCUT2D eigenvalue weighted by Crippen LogP contribution is -2.49. The van der Waals surface area contributed by atoms with Crippen molar-refractivity contribution in [2.45, 2.75) is 324 Å². The summed E-state index contributed by atoms with van der Waals surface area (Å²) >= 11 is 3.43. The van der Waals surface area contributed by atoms with Gasteiger partial charge in [-0.05, 0) is 420 Å². The van der Waals surface area contributed by atoms with Gasteiger partial charge < -0.3 is 39.0 Å². The molecule has 15 unspecified atom stereocenters. The number of benzene rings is 2. The minimum Gasteiger partial charge on any atom is -0.432 e. The van der Waals surface area contributed by atoms with Crippen LogP contribution in [0.25, 0.3) is 66.1 Å². The summed E-state index contributed by atoms with van der Waals surface area (Å²) < 4.78 is 28.2. The maximum atomic E-state index is 10.2. The molecule has 10 saturated carbocycles. The maximum absolute atomic E-state index is 10.2. The van der Waals surface area contributed by atoms with Crippen LogP contribution in [-0.2, 0) is 0 Å². The highest BCUT2D eigenvalue weighted by atomic mass is 32.1. The smallest absolute Gasteiger partial charge is 0.306 e. The summed E-state index contributed by atoms with van der Waals surface area (Å²) in [6.45, 7) is 25.1. The summed E-state index contributed by atoms with van der Waals surface area (Å²) in [5, 5.41) is 60.0. The number of hydrogen-bond acceptors (Lipinski definition) is 15. The van der Waals surface area contributed by atoms with Crippen molar-refractivity contribution < 1.29 is 39.0 Å². The van der Waals surface area contributed by atoms with Crippen molar-refractivity contribution in [3.63, 3.8) is 0 Å². The van der Waals surface area contributed by atoms with Crippen LogP contribution in [0.2, 0.25) is 0 Å². The molecule has 20 aliphatic carbocycles. The number of aromatic nitrogens is 8. The lowest BCUT2D eigenvalue weighted by Gasteiger charge is -2.57. The summed E-state index contributed by atoms with van der Waals surface area (Å²) in [5.74, 6) is 12.9. The van der Waals surface area contributed by atoms with Crippen molar-refractivity contribution in [3.05, 3.63) is 220 Å². The van der Waals surface area contributed by atoms with Crippen LogP contribution in [0.3, 0.4) is 0 Å². The number of imidazole rings is 3. The quantitative estimate of drug-likeness (QED) is 0.101. The molecule has 0 aliphatic heterocycles. The van der Waals surface area contributed by atoms with Gasteiger partial charge in [-0.2, -0.15) is 8.95 Å². The number of oxazole rings is 1.